The van der Waals surface area contributed by atoms with Gasteiger partial charge in [0.05, 0.1) is 25.5 Å². The number of hydrogen-bond donors (Lipinski definition) is 3. The van der Waals surface area contributed by atoms with Gasteiger partial charge in [0, 0.05) is 32.2 Å². The van der Waals surface area contributed by atoms with Crippen molar-refractivity contribution >= 4 is 28.6 Å². The number of ether oxygens (including phenoxy) is 1. The number of aromatic hydroxyl groups is 1. The normalized spacial score (nSPS) is 14.0. The number of aliphatic hydroxyl groups is 1. The second-order valence-corrected chi connectivity index (χ2v) is 7.65. The van der Waals surface area contributed by atoms with Crippen molar-refractivity contribution < 1.29 is 24.9 Å². The first-order valence-corrected chi connectivity index (χ1v) is 10.3. The number of carboxylic acids is 1. The number of aromatic nitrogens is 3. The van der Waals surface area contributed by atoms with Crippen molar-refractivity contribution in [3.63, 3.8) is 0 Å². The lowest BCUT2D eigenvalue weighted by Crippen LogP contribution is -2.37. The Bertz CT molecular complexity index is 1160. The van der Waals surface area contributed by atoms with E-state index >= 15 is 0 Å². The van der Waals surface area contributed by atoms with Gasteiger partial charge in [0.1, 0.15) is 22.5 Å². The zero-order chi connectivity index (χ0) is 22.8. The summed E-state index contributed by atoms with van der Waals surface area (Å²) >= 11 is 0. The summed E-state index contributed by atoms with van der Waals surface area (Å²) in [6, 6.07) is 6.38. The number of anilines is 2. The monoisotopic (exact) mass is 439 g/mol. The van der Waals surface area contributed by atoms with Crippen LogP contribution in [0.3, 0.4) is 0 Å². The fourth-order valence-corrected chi connectivity index (χ4v) is 3.76. The third kappa shape index (κ3) is 4.14. The standard InChI is InChI=1S/C22H25N5O5/c1-13-11-14(29)3-4-15(13)18-20-19(25-22(24-18)27-6-9-32-10-7-27)17(26(2)5-8-28)12-16(23-20)21(30)31/h3-4,11-12,28-29H,5-10H2,1-2H3,(H,30,31). The van der Waals surface area contributed by atoms with Gasteiger partial charge in [-0.3, -0.25) is 0 Å². The van der Waals surface area contributed by atoms with Crippen LogP contribution in [0.1, 0.15) is 16.1 Å². The van der Waals surface area contributed by atoms with E-state index in [0.29, 0.717) is 61.2 Å². The number of likely N-dealkylation sites (N-methyl/N-ethyl adjacent to an activating group) is 1. The van der Waals surface area contributed by atoms with Crippen LogP contribution in [0.25, 0.3) is 22.3 Å². The highest BCUT2D eigenvalue weighted by molar-refractivity contribution is 6.01. The molecule has 0 amide bonds. The maximum absolute atomic E-state index is 11.8. The Labute approximate surface area is 184 Å². The second kappa shape index (κ2) is 8.93. The molecule has 0 spiro atoms. The molecule has 1 aliphatic rings. The van der Waals surface area contributed by atoms with Crippen LogP contribution in [0.5, 0.6) is 5.75 Å². The number of aromatic carboxylic acids is 1. The minimum absolute atomic E-state index is 0.103. The Balaban J connectivity index is 2.05. The molecule has 0 unspecified atom stereocenters. The summed E-state index contributed by atoms with van der Waals surface area (Å²) in [7, 11) is 1.76. The first-order valence-electron chi connectivity index (χ1n) is 10.3. The van der Waals surface area contributed by atoms with Crippen LogP contribution in [0.15, 0.2) is 24.3 Å². The van der Waals surface area contributed by atoms with Gasteiger partial charge in [0.15, 0.2) is 5.69 Å². The lowest BCUT2D eigenvalue weighted by Gasteiger charge is -2.28. The first kappa shape index (κ1) is 21.7. The molecule has 1 aliphatic heterocycles. The third-order valence-electron chi connectivity index (χ3n) is 5.45. The van der Waals surface area contributed by atoms with Crippen molar-refractivity contribution in [2.24, 2.45) is 0 Å². The van der Waals surface area contributed by atoms with E-state index in [1.807, 2.05) is 11.8 Å². The van der Waals surface area contributed by atoms with Crippen LogP contribution < -0.4 is 9.80 Å². The smallest absolute Gasteiger partial charge is 0.354 e. The van der Waals surface area contributed by atoms with Gasteiger partial charge in [-0.15, -0.1) is 0 Å². The molecule has 3 heterocycles. The van der Waals surface area contributed by atoms with Gasteiger partial charge in [0.2, 0.25) is 5.95 Å². The number of aryl methyl sites for hydroxylation is 1. The number of fused-ring (bicyclic) bond motifs is 1. The van der Waals surface area contributed by atoms with E-state index in [4.69, 9.17) is 14.7 Å². The highest BCUT2D eigenvalue weighted by Crippen LogP contribution is 2.35. The molecule has 0 bridgehead atoms. The number of carboxylic acid groups (broad SMARTS) is 1. The van der Waals surface area contributed by atoms with Gasteiger partial charge in [-0.05, 0) is 36.8 Å². The Morgan fingerprint density at radius 1 is 1.16 bits per heavy atom. The van der Waals surface area contributed by atoms with Crippen LogP contribution in [0.4, 0.5) is 11.6 Å². The molecule has 0 radical (unpaired) electrons. The van der Waals surface area contributed by atoms with Crippen molar-refractivity contribution in [1.29, 1.82) is 0 Å². The second-order valence-electron chi connectivity index (χ2n) is 7.65. The number of nitrogens with zero attached hydrogens (tertiary/aromatic N) is 5. The highest BCUT2D eigenvalue weighted by Gasteiger charge is 2.23. The Morgan fingerprint density at radius 3 is 2.56 bits per heavy atom. The zero-order valence-corrected chi connectivity index (χ0v) is 17.9. The van der Waals surface area contributed by atoms with Crippen LogP contribution in [0, 0.1) is 6.92 Å². The molecule has 32 heavy (non-hydrogen) atoms. The quantitative estimate of drug-likeness (QED) is 0.521. The SMILES string of the molecule is Cc1cc(O)ccc1-c1nc(N2CCOCC2)nc2c(N(C)CCO)cc(C(=O)O)nc12. The van der Waals surface area contributed by atoms with Crippen LogP contribution in [-0.4, -0.2) is 82.7 Å². The molecular weight excluding hydrogens is 414 g/mol. The number of phenolic OH excluding ortho intramolecular Hbond substituents is 1. The van der Waals surface area contributed by atoms with Gasteiger partial charge < -0.3 is 29.9 Å². The van der Waals surface area contributed by atoms with Gasteiger partial charge in [-0.1, -0.05) is 0 Å². The van der Waals surface area contributed by atoms with Crippen molar-refractivity contribution in [3.05, 3.63) is 35.5 Å². The summed E-state index contributed by atoms with van der Waals surface area (Å²) in [6.07, 6.45) is 0. The number of carbonyl (C=O) groups is 1. The van der Waals surface area contributed by atoms with Crippen LogP contribution >= 0.6 is 0 Å². The van der Waals surface area contributed by atoms with Gasteiger partial charge >= 0.3 is 5.97 Å². The van der Waals surface area contributed by atoms with E-state index in [-0.39, 0.29) is 18.1 Å². The highest BCUT2D eigenvalue weighted by atomic mass is 16.5. The van der Waals surface area contributed by atoms with Gasteiger partial charge in [0.25, 0.3) is 0 Å². The van der Waals surface area contributed by atoms with E-state index in [0.717, 1.165) is 11.1 Å². The van der Waals surface area contributed by atoms with Crippen molar-refractivity contribution in [3.8, 4) is 17.0 Å². The van der Waals surface area contributed by atoms with E-state index < -0.39 is 5.97 Å². The third-order valence-corrected chi connectivity index (χ3v) is 5.45. The van der Waals surface area contributed by atoms with E-state index in [9.17, 15) is 20.1 Å². The fraction of sp³-hybridized carbons (Fsp3) is 0.364. The maximum atomic E-state index is 11.8. The molecule has 1 fully saturated rings. The first-order chi connectivity index (χ1) is 15.4. The minimum atomic E-state index is -1.17. The molecule has 3 N–H and O–H groups in total. The van der Waals surface area contributed by atoms with E-state index in [1.54, 1.807) is 30.1 Å². The number of phenols is 1. The number of benzene rings is 1. The average Bonchev–Trinajstić information content (AvgIpc) is 2.78. The van der Waals surface area contributed by atoms with E-state index in [2.05, 4.69) is 4.98 Å². The molecule has 3 aromatic rings. The molecular formula is C22H25N5O5. The molecule has 1 aromatic carbocycles. The Hall–Kier alpha value is -3.50. The van der Waals surface area contributed by atoms with Gasteiger partial charge in [-0.25, -0.2) is 19.7 Å². The lowest BCUT2D eigenvalue weighted by atomic mass is 10.0. The minimum Gasteiger partial charge on any atom is -0.508 e. The number of morpholine rings is 1. The molecule has 4 rings (SSSR count). The van der Waals surface area contributed by atoms with Gasteiger partial charge in [-0.2, -0.15) is 0 Å². The summed E-state index contributed by atoms with van der Waals surface area (Å²) in [5, 5.41) is 29.0. The summed E-state index contributed by atoms with van der Waals surface area (Å²) in [5.74, 6) is -0.552. The predicted molar refractivity (Wildman–Crippen MR) is 120 cm³/mol. The molecule has 1 saturated heterocycles. The van der Waals surface area contributed by atoms with Crippen molar-refractivity contribution in [1.82, 2.24) is 15.0 Å². The number of rotatable bonds is 6. The maximum Gasteiger partial charge on any atom is 0.354 e. The fourth-order valence-electron chi connectivity index (χ4n) is 3.76. The van der Waals surface area contributed by atoms with Crippen molar-refractivity contribution in [2.45, 2.75) is 6.92 Å². The predicted octanol–water partition coefficient (Wildman–Crippen LogP) is 1.67. The van der Waals surface area contributed by atoms with E-state index in [1.165, 1.54) is 6.07 Å². The summed E-state index contributed by atoms with van der Waals surface area (Å²) < 4.78 is 5.45. The Morgan fingerprint density at radius 2 is 1.91 bits per heavy atom. The van der Waals surface area contributed by atoms with Crippen molar-refractivity contribution in [2.75, 3.05) is 56.3 Å². The molecule has 0 saturated carbocycles. The largest absolute Gasteiger partial charge is 0.508 e. The molecule has 2 aromatic heterocycles. The Kier molecular flexibility index (Phi) is 6.06. The topological polar surface area (TPSA) is 132 Å². The lowest BCUT2D eigenvalue weighted by molar-refractivity contribution is 0.0691. The van der Waals surface area contributed by atoms with Crippen LogP contribution in [-0.2, 0) is 4.74 Å². The number of hydrogen-bond acceptors (Lipinski definition) is 9. The number of pyridine rings is 1. The average molecular weight is 439 g/mol. The summed E-state index contributed by atoms with van der Waals surface area (Å²) in [5.41, 5.74) is 3.20. The zero-order valence-electron chi connectivity index (χ0n) is 17.9. The van der Waals surface area contributed by atoms with Crippen LogP contribution in [0.2, 0.25) is 0 Å². The molecule has 10 heteroatoms. The molecule has 10 nitrogen and oxygen atoms in total. The summed E-state index contributed by atoms with van der Waals surface area (Å²) in [6.45, 7) is 4.41. The molecule has 168 valence electrons. The summed E-state index contributed by atoms with van der Waals surface area (Å²) in [4.78, 5) is 29.5. The molecule has 0 atom stereocenters. The molecule has 0 aliphatic carbocycles. The number of aliphatic hydroxyl groups excluding tert-OH is 1.